The minimum absolute atomic E-state index is 0.150. The molecular formula is C18H21ClFN2O+. The summed E-state index contributed by atoms with van der Waals surface area (Å²) in [6.45, 7) is 4.64. The van der Waals surface area contributed by atoms with Gasteiger partial charge < -0.3 is 10.2 Å². The maximum atomic E-state index is 13.0. The van der Waals surface area contributed by atoms with Crippen molar-refractivity contribution in [2.75, 3.05) is 12.4 Å². The number of halogens is 2. The van der Waals surface area contributed by atoms with Crippen molar-refractivity contribution in [2.24, 2.45) is 0 Å². The Morgan fingerprint density at radius 2 is 1.91 bits per heavy atom. The monoisotopic (exact) mass is 335 g/mol. The van der Waals surface area contributed by atoms with Crippen LogP contribution in [0.2, 0.25) is 5.02 Å². The number of nitrogens with one attached hydrogen (secondary N) is 2. The van der Waals surface area contributed by atoms with Crippen molar-refractivity contribution >= 4 is 23.2 Å². The Bertz CT molecular complexity index is 688. The van der Waals surface area contributed by atoms with Crippen LogP contribution in [0.1, 0.15) is 18.1 Å². The van der Waals surface area contributed by atoms with E-state index in [0.29, 0.717) is 5.69 Å². The van der Waals surface area contributed by atoms with Crippen LogP contribution < -0.4 is 10.2 Å². The molecule has 0 heterocycles. The number of aryl methyl sites for hydroxylation is 1. The van der Waals surface area contributed by atoms with Gasteiger partial charge in [-0.2, -0.15) is 0 Å². The quantitative estimate of drug-likeness (QED) is 0.865. The van der Waals surface area contributed by atoms with Crippen LogP contribution in [-0.4, -0.2) is 19.0 Å². The Kier molecular flexibility index (Phi) is 5.74. The average molecular weight is 336 g/mol. The SMILES string of the molecule is Cc1ccc(C[NH+](C)[C@@H](C)C(=O)Nc2ccc(F)cc2Cl)cc1. The topological polar surface area (TPSA) is 33.5 Å². The van der Waals surface area contributed by atoms with Gasteiger partial charge in [-0.15, -0.1) is 0 Å². The summed E-state index contributed by atoms with van der Waals surface area (Å²) in [6.07, 6.45) is 0. The van der Waals surface area contributed by atoms with Gasteiger partial charge in [-0.25, -0.2) is 4.39 Å². The second-order valence-electron chi connectivity index (χ2n) is 5.84. The van der Waals surface area contributed by atoms with Gasteiger partial charge in [0.2, 0.25) is 0 Å². The summed E-state index contributed by atoms with van der Waals surface area (Å²) >= 11 is 5.94. The minimum Gasteiger partial charge on any atom is -0.324 e. The van der Waals surface area contributed by atoms with Crippen LogP contribution in [0, 0.1) is 12.7 Å². The van der Waals surface area contributed by atoms with Gasteiger partial charge in [0.25, 0.3) is 5.91 Å². The second-order valence-corrected chi connectivity index (χ2v) is 6.25. The van der Waals surface area contributed by atoms with Crippen molar-refractivity contribution in [1.82, 2.24) is 0 Å². The summed E-state index contributed by atoms with van der Waals surface area (Å²) in [5.41, 5.74) is 2.81. The van der Waals surface area contributed by atoms with E-state index in [1.54, 1.807) is 0 Å². The second kappa shape index (κ2) is 7.57. The summed E-state index contributed by atoms with van der Waals surface area (Å²) in [4.78, 5) is 13.4. The molecule has 2 rings (SSSR count). The number of benzene rings is 2. The Labute approximate surface area is 141 Å². The molecule has 0 spiro atoms. The molecule has 0 fully saturated rings. The van der Waals surface area contributed by atoms with E-state index in [4.69, 9.17) is 11.6 Å². The molecule has 1 amide bonds. The van der Waals surface area contributed by atoms with Gasteiger partial charge in [-0.1, -0.05) is 41.4 Å². The summed E-state index contributed by atoms with van der Waals surface area (Å²) < 4.78 is 13.0. The first-order valence-electron chi connectivity index (χ1n) is 7.50. The van der Waals surface area contributed by atoms with Crippen molar-refractivity contribution < 1.29 is 14.1 Å². The van der Waals surface area contributed by atoms with Gasteiger partial charge in [-0.05, 0) is 32.0 Å². The number of hydrogen-bond acceptors (Lipinski definition) is 1. The van der Waals surface area contributed by atoms with Crippen molar-refractivity contribution in [1.29, 1.82) is 0 Å². The van der Waals surface area contributed by atoms with E-state index in [1.807, 2.05) is 20.9 Å². The number of carbonyl (C=O) groups excluding carboxylic acids is 1. The number of likely N-dealkylation sites (N-methyl/N-ethyl adjacent to an activating group) is 1. The molecule has 2 aromatic carbocycles. The Hall–Kier alpha value is -1.91. The van der Waals surface area contributed by atoms with E-state index in [9.17, 15) is 9.18 Å². The zero-order valence-electron chi connectivity index (χ0n) is 13.5. The van der Waals surface area contributed by atoms with Gasteiger partial charge in [0, 0.05) is 5.56 Å². The van der Waals surface area contributed by atoms with Crippen LogP contribution in [0.4, 0.5) is 10.1 Å². The molecule has 122 valence electrons. The molecule has 0 radical (unpaired) electrons. The fourth-order valence-corrected chi connectivity index (χ4v) is 2.45. The first-order chi connectivity index (χ1) is 10.9. The van der Waals surface area contributed by atoms with Crippen LogP contribution in [0.5, 0.6) is 0 Å². The molecule has 0 saturated heterocycles. The third kappa shape index (κ3) is 4.78. The Morgan fingerprint density at radius 1 is 1.26 bits per heavy atom. The van der Waals surface area contributed by atoms with E-state index in [0.717, 1.165) is 11.4 Å². The Morgan fingerprint density at radius 3 is 2.52 bits per heavy atom. The molecule has 2 N–H and O–H groups in total. The van der Waals surface area contributed by atoms with Gasteiger partial charge in [0.05, 0.1) is 17.8 Å². The average Bonchev–Trinajstić information content (AvgIpc) is 2.51. The molecule has 1 unspecified atom stereocenters. The molecule has 23 heavy (non-hydrogen) atoms. The molecule has 0 aliphatic heterocycles. The summed E-state index contributed by atoms with van der Waals surface area (Å²) in [5.74, 6) is -0.578. The molecule has 3 nitrogen and oxygen atoms in total. The minimum atomic E-state index is -0.428. The number of anilines is 1. The summed E-state index contributed by atoms with van der Waals surface area (Å²) in [7, 11) is 1.97. The maximum absolute atomic E-state index is 13.0. The van der Waals surface area contributed by atoms with Crippen LogP contribution in [-0.2, 0) is 11.3 Å². The fourth-order valence-electron chi connectivity index (χ4n) is 2.24. The molecule has 0 saturated carbocycles. The lowest BCUT2D eigenvalue weighted by atomic mass is 10.1. The molecule has 2 aromatic rings. The van der Waals surface area contributed by atoms with E-state index in [2.05, 4.69) is 29.6 Å². The Balaban J connectivity index is 1.99. The predicted molar refractivity (Wildman–Crippen MR) is 91.3 cm³/mol. The van der Waals surface area contributed by atoms with Gasteiger partial charge >= 0.3 is 0 Å². The van der Waals surface area contributed by atoms with E-state index in [-0.39, 0.29) is 17.0 Å². The maximum Gasteiger partial charge on any atom is 0.282 e. The smallest absolute Gasteiger partial charge is 0.282 e. The highest BCUT2D eigenvalue weighted by atomic mass is 35.5. The first kappa shape index (κ1) is 17.4. The van der Waals surface area contributed by atoms with E-state index < -0.39 is 5.82 Å². The first-order valence-corrected chi connectivity index (χ1v) is 7.88. The summed E-state index contributed by atoms with van der Waals surface area (Å²) in [5, 5.41) is 2.95. The molecular weight excluding hydrogens is 315 g/mol. The highest BCUT2D eigenvalue weighted by Gasteiger charge is 2.22. The summed E-state index contributed by atoms with van der Waals surface area (Å²) in [6, 6.07) is 11.9. The number of hydrogen-bond donors (Lipinski definition) is 2. The van der Waals surface area contributed by atoms with Crippen LogP contribution in [0.3, 0.4) is 0 Å². The molecule has 0 aliphatic rings. The van der Waals surface area contributed by atoms with Crippen molar-refractivity contribution in [2.45, 2.75) is 26.4 Å². The number of carbonyl (C=O) groups is 1. The van der Waals surface area contributed by atoms with Gasteiger partial charge in [0.1, 0.15) is 12.4 Å². The lowest BCUT2D eigenvalue weighted by Crippen LogP contribution is -3.12. The molecule has 5 heteroatoms. The number of rotatable bonds is 5. The number of quaternary nitrogens is 1. The normalized spacial score (nSPS) is 13.4. The van der Waals surface area contributed by atoms with Crippen LogP contribution >= 0.6 is 11.6 Å². The third-order valence-electron chi connectivity index (χ3n) is 3.93. The van der Waals surface area contributed by atoms with Crippen LogP contribution in [0.25, 0.3) is 0 Å². The highest BCUT2D eigenvalue weighted by Crippen LogP contribution is 2.22. The number of amides is 1. The fraction of sp³-hybridized carbons (Fsp3) is 0.278. The largest absolute Gasteiger partial charge is 0.324 e. The zero-order valence-corrected chi connectivity index (χ0v) is 14.2. The zero-order chi connectivity index (χ0) is 17.0. The lowest BCUT2D eigenvalue weighted by molar-refractivity contribution is -0.907. The van der Waals surface area contributed by atoms with Crippen molar-refractivity contribution in [3.63, 3.8) is 0 Å². The molecule has 0 aliphatic carbocycles. The van der Waals surface area contributed by atoms with Crippen molar-refractivity contribution in [3.8, 4) is 0 Å². The lowest BCUT2D eigenvalue weighted by Gasteiger charge is -2.21. The standard InChI is InChI=1S/C18H20ClFN2O/c1-12-4-6-14(7-5-12)11-22(3)13(2)18(23)21-17-9-8-15(20)10-16(17)19/h4-10,13H,11H2,1-3H3,(H,21,23)/p+1/t13-/m0/s1. The highest BCUT2D eigenvalue weighted by molar-refractivity contribution is 6.33. The molecule has 0 bridgehead atoms. The van der Waals surface area contributed by atoms with Crippen molar-refractivity contribution in [3.05, 3.63) is 64.4 Å². The van der Waals surface area contributed by atoms with Crippen LogP contribution in [0.15, 0.2) is 42.5 Å². The van der Waals surface area contributed by atoms with Gasteiger partial charge in [0.15, 0.2) is 6.04 Å². The third-order valence-corrected chi connectivity index (χ3v) is 4.24. The van der Waals surface area contributed by atoms with E-state index >= 15 is 0 Å². The van der Waals surface area contributed by atoms with E-state index in [1.165, 1.54) is 29.3 Å². The predicted octanol–water partition coefficient (Wildman–Crippen LogP) is 2.83. The molecule has 2 atom stereocenters. The molecule has 0 aromatic heterocycles. The van der Waals surface area contributed by atoms with Gasteiger partial charge in [-0.3, -0.25) is 4.79 Å².